The molecule has 0 bridgehead atoms. The van der Waals surface area contributed by atoms with Crippen molar-refractivity contribution >= 4 is 17.6 Å². The first-order chi connectivity index (χ1) is 15.1. The van der Waals surface area contributed by atoms with Gasteiger partial charge in [-0.2, -0.15) is 0 Å². The van der Waals surface area contributed by atoms with Gasteiger partial charge in [0.05, 0.1) is 0 Å². The molecular formula is C21H22FN7O2. The lowest BCUT2D eigenvalue weighted by Gasteiger charge is -2.36. The van der Waals surface area contributed by atoms with E-state index in [2.05, 4.69) is 20.8 Å². The SMILES string of the molecule is O=C(Nc1ccc(F)cc1)N1CCN(C(=O)C(Cc2ccccc2)n2cnnn2)CC1. The normalized spacial score (nSPS) is 14.9. The topological polar surface area (TPSA) is 96.2 Å². The Bertz CT molecular complexity index is 1000. The molecule has 3 amide bonds. The van der Waals surface area contributed by atoms with Gasteiger partial charge >= 0.3 is 6.03 Å². The minimum Gasteiger partial charge on any atom is -0.337 e. The largest absolute Gasteiger partial charge is 0.337 e. The van der Waals surface area contributed by atoms with Gasteiger partial charge in [-0.1, -0.05) is 30.3 Å². The number of urea groups is 1. The Balaban J connectivity index is 1.37. The predicted molar refractivity (Wildman–Crippen MR) is 111 cm³/mol. The number of nitrogens with zero attached hydrogens (tertiary/aromatic N) is 6. The van der Waals surface area contributed by atoms with Crippen LogP contribution in [0.4, 0.5) is 14.9 Å². The molecule has 4 rings (SSSR count). The van der Waals surface area contributed by atoms with Crippen LogP contribution in [0, 0.1) is 5.82 Å². The zero-order chi connectivity index (χ0) is 21.6. The van der Waals surface area contributed by atoms with Gasteiger partial charge in [0.1, 0.15) is 18.2 Å². The maximum atomic E-state index is 13.3. The number of piperazine rings is 1. The highest BCUT2D eigenvalue weighted by molar-refractivity contribution is 5.89. The summed E-state index contributed by atoms with van der Waals surface area (Å²) < 4.78 is 14.5. The van der Waals surface area contributed by atoms with E-state index in [4.69, 9.17) is 0 Å². The van der Waals surface area contributed by atoms with Gasteiger partial charge in [-0.15, -0.1) is 5.10 Å². The summed E-state index contributed by atoms with van der Waals surface area (Å²) in [5.41, 5.74) is 1.53. The predicted octanol–water partition coefficient (Wildman–Crippen LogP) is 1.97. The van der Waals surface area contributed by atoms with E-state index in [0.717, 1.165) is 5.56 Å². The van der Waals surface area contributed by atoms with Crippen molar-refractivity contribution in [2.24, 2.45) is 0 Å². The summed E-state index contributed by atoms with van der Waals surface area (Å²) in [4.78, 5) is 29.1. The van der Waals surface area contributed by atoms with E-state index >= 15 is 0 Å². The van der Waals surface area contributed by atoms with E-state index in [1.165, 1.54) is 35.3 Å². The van der Waals surface area contributed by atoms with Crippen LogP contribution in [0.2, 0.25) is 0 Å². The van der Waals surface area contributed by atoms with Gasteiger partial charge in [0.15, 0.2) is 0 Å². The van der Waals surface area contributed by atoms with Crippen LogP contribution in [0.3, 0.4) is 0 Å². The number of carbonyl (C=O) groups excluding carboxylic acids is 2. The van der Waals surface area contributed by atoms with E-state index < -0.39 is 6.04 Å². The van der Waals surface area contributed by atoms with Crippen LogP contribution in [-0.4, -0.2) is 68.1 Å². The lowest BCUT2D eigenvalue weighted by atomic mass is 10.0. The highest BCUT2D eigenvalue weighted by Crippen LogP contribution is 2.18. The summed E-state index contributed by atoms with van der Waals surface area (Å²) in [6.07, 6.45) is 1.91. The van der Waals surface area contributed by atoms with Crippen LogP contribution in [0.5, 0.6) is 0 Å². The molecule has 1 aliphatic heterocycles. The van der Waals surface area contributed by atoms with Gasteiger partial charge in [-0.25, -0.2) is 13.9 Å². The fourth-order valence-corrected chi connectivity index (χ4v) is 3.52. The summed E-state index contributed by atoms with van der Waals surface area (Å²) in [7, 11) is 0. The summed E-state index contributed by atoms with van der Waals surface area (Å²) >= 11 is 0. The fourth-order valence-electron chi connectivity index (χ4n) is 3.52. The molecule has 2 aromatic carbocycles. The molecule has 9 nitrogen and oxygen atoms in total. The molecule has 0 radical (unpaired) electrons. The smallest absolute Gasteiger partial charge is 0.321 e. The second-order valence-corrected chi connectivity index (χ2v) is 7.24. The molecule has 1 N–H and O–H groups in total. The number of halogens is 1. The molecule has 1 atom stereocenters. The van der Waals surface area contributed by atoms with Crippen molar-refractivity contribution in [2.75, 3.05) is 31.5 Å². The van der Waals surface area contributed by atoms with Gasteiger partial charge in [0.25, 0.3) is 0 Å². The van der Waals surface area contributed by atoms with Crippen LogP contribution < -0.4 is 5.32 Å². The van der Waals surface area contributed by atoms with Gasteiger partial charge in [-0.3, -0.25) is 4.79 Å². The standard InChI is InChI=1S/C21H22FN7O2/c22-17-6-8-18(9-7-17)24-21(31)28-12-10-27(11-13-28)20(30)19(29-15-23-25-26-29)14-16-4-2-1-3-5-16/h1-9,15,19H,10-14H2,(H,24,31). The van der Waals surface area contributed by atoms with Crippen molar-refractivity contribution in [3.05, 3.63) is 72.3 Å². The first-order valence-corrected chi connectivity index (χ1v) is 9.97. The molecule has 31 heavy (non-hydrogen) atoms. The minimum absolute atomic E-state index is 0.0882. The number of rotatable bonds is 5. The van der Waals surface area contributed by atoms with E-state index in [9.17, 15) is 14.0 Å². The molecular weight excluding hydrogens is 401 g/mol. The van der Waals surface area contributed by atoms with Gasteiger partial charge in [0.2, 0.25) is 5.91 Å². The Hall–Kier alpha value is -3.82. The molecule has 0 spiro atoms. The molecule has 1 aliphatic rings. The van der Waals surface area contributed by atoms with E-state index in [0.29, 0.717) is 38.3 Å². The third-order valence-electron chi connectivity index (χ3n) is 5.22. The van der Waals surface area contributed by atoms with Crippen LogP contribution in [0.15, 0.2) is 60.9 Å². The number of tetrazole rings is 1. The number of carbonyl (C=O) groups is 2. The van der Waals surface area contributed by atoms with Crippen molar-refractivity contribution < 1.29 is 14.0 Å². The molecule has 2 heterocycles. The summed E-state index contributed by atoms with van der Waals surface area (Å²) in [5, 5.41) is 14.0. The highest BCUT2D eigenvalue weighted by Gasteiger charge is 2.31. The van der Waals surface area contributed by atoms with Crippen LogP contribution in [0.25, 0.3) is 0 Å². The number of hydrogen-bond donors (Lipinski definition) is 1. The molecule has 160 valence electrons. The van der Waals surface area contributed by atoms with Gasteiger partial charge in [-0.05, 0) is 40.3 Å². The maximum absolute atomic E-state index is 13.3. The summed E-state index contributed by atoms with van der Waals surface area (Å²) in [6.45, 7) is 1.60. The third kappa shape index (κ3) is 5.03. The van der Waals surface area contributed by atoms with Crippen LogP contribution in [0.1, 0.15) is 11.6 Å². The average molecular weight is 423 g/mol. The zero-order valence-electron chi connectivity index (χ0n) is 16.8. The second-order valence-electron chi connectivity index (χ2n) is 7.24. The number of anilines is 1. The maximum Gasteiger partial charge on any atom is 0.321 e. The van der Waals surface area contributed by atoms with Gasteiger partial charge < -0.3 is 15.1 Å². The second kappa shape index (κ2) is 9.33. The van der Waals surface area contributed by atoms with Crippen LogP contribution in [-0.2, 0) is 11.2 Å². The third-order valence-corrected chi connectivity index (χ3v) is 5.22. The summed E-state index contributed by atoms with van der Waals surface area (Å²) in [5.74, 6) is -0.451. The minimum atomic E-state index is -0.558. The first kappa shape index (κ1) is 20.5. The van der Waals surface area contributed by atoms with E-state index in [-0.39, 0.29) is 17.8 Å². The molecule has 1 aromatic heterocycles. The molecule has 1 fully saturated rings. The fraction of sp³-hybridized carbons (Fsp3) is 0.286. The molecule has 0 saturated carbocycles. The molecule has 3 aromatic rings. The highest BCUT2D eigenvalue weighted by atomic mass is 19.1. The quantitative estimate of drug-likeness (QED) is 0.677. The molecule has 1 unspecified atom stereocenters. The monoisotopic (exact) mass is 423 g/mol. The Morgan fingerprint density at radius 3 is 2.29 bits per heavy atom. The number of aromatic nitrogens is 4. The Labute approximate surface area is 178 Å². The van der Waals surface area contributed by atoms with E-state index in [1.54, 1.807) is 9.80 Å². The van der Waals surface area contributed by atoms with Crippen LogP contribution >= 0.6 is 0 Å². The lowest BCUT2D eigenvalue weighted by molar-refractivity contribution is -0.136. The van der Waals surface area contributed by atoms with Crippen molar-refractivity contribution in [2.45, 2.75) is 12.5 Å². The molecule has 0 aliphatic carbocycles. The summed E-state index contributed by atoms with van der Waals surface area (Å²) in [6, 6.07) is 14.5. The van der Waals surface area contributed by atoms with Gasteiger partial charge in [0, 0.05) is 38.3 Å². The lowest BCUT2D eigenvalue weighted by Crippen LogP contribution is -2.53. The number of benzene rings is 2. The number of nitrogens with one attached hydrogen (secondary N) is 1. The number of hydrogen-bond acceptors (Lipinski definition) is 5. The van der Waals surface area contributed by atoms with E-state index in [1.807, 2.05) is 30.3 Å². The molecule has 10 heteroatoms. The Morgan fingerprint density at radius 2 is 1.65 bits per heavy atom. The first-order valence-electron chi connectivity index (χ1n) is 9.97. The molecule has 1 saturated heterocycles. The zero-order valence-corrected chi connectivity index (χ0v) is 16.8. The van der Waals surface area contributed by atoms with Crippen molar-refractivity contribution in [3.63, 3.8) is 0 Å². The average Bonchev–Trinajstić information content (AvgIpc) is 3.34. The Kier molecular flexibility index (Phi) is 6.16. The van der Waals surface area contributed by atoms with Crippen molar-refractivity contribution in [1.29, 1.82) is 0 Å². The Morgan fingerprint density at radius 1 is 0.968 bits per heavy atom. The van der Waals surface area contributed by atoms with Crippen molar-refractivity contribution in [3.8, 4) is 0 Å². The van der Waals surface area contributed by atoms with Crippen molar-refractivity contribution in [1.82, 2.24) is 30.0 Å². The number of amides is 3.